The smallest absolute Gasteiger partial charge is 0.229 e. The average molecular weight is 448 g/mol. The van der Waals surface area contributed by atoms with E-state index in [2.05, 4.69) is 0 Å². The molecule has 2 fully saturated rings. The molecule has 0 amide bonds. The third-order valence-electron chi connectivity index (χ3n) is 5.15. The number of rotatable bonds is 7. The molecule has 2 heterocycles. The molecule has 0 unspecified atom stereocenters. The predicted octanol–water partition coefficient (Wildman–Crippen LogP) is -2.65. The van der Waals surface area contributed by atoms with E-state index in [1.165, 1.54) is 20.3 Å². The maximum atomic E-state index is 10.3. The van der Waals surface area contributed by atoms with Gasteiger partial charge in [-0.15, -0.1) is 0 Å². The summed E-state index contributed by atoms with van der Waals surface area (Å²) in [5.74, 6) is 1.07. The Kier molecular flexibility index (Phi) is 7.91. The van der Waals surface area contributed by atoms with Gasteiger partial charge in [0.15, 0.2) is 17.8 Å². The molecule has 12 nitrogen and oxygen atoms in total. The van der Waals surface area contributed by atoms with E-state index in [1.54, 1.807) is 12.1 Å². The summed E-state index contributed by atoms with van der Waals surface area (Å²) in [4.78, 5) is 0. The second-order valence-corrected chi connectivity index (χ2v) is 7.23. The summed E-state index contributed by atoms with van der Waals surface area (Å²) in [6, 6.07) is 4.62. The molecule has 12 heteroatoms. The summed E-state index contributed by atoms with van der Waals surface area (Å²) in [5.41, 5.74) is 0. The van der Waals surface area contributed by atoms with Crippen LogP contribution in [0, 0.1) is 0 Å². The van der Waals surface area contributed by atoms with E-state index >= 15 is 0 Å². The molecular formula is C19H28O12. The first-order valence-corrected chi connectivity index (χ1v) is 9.62. The van der Waals surface area contributed by atoms with E-state index in [0.717, 1.165) is 0 Å². The lowest BCUT2D eigenvalue weighted by atomic mass is 9.99. The Hall–Kier alpha value is -1.74. The van der Waals surface area contributed by atoms with Gasteiger partial charge >= 0.3 is 0 Å². The average Bonchev–Trinajstić information content (AvgIpc) is 2.78. The first-order valence-electron chi connectivity index (χ1n) is 9.62. The number of methoxy groups -OCH3 is 2. The zero-order chi connectivity index (χ0) is 22.7. The van der Waals surface area contributed by atoms with Crippen LogP contribution >= 0.6 is 0 Å². The lowest BCUT2D eigenvalue weighted by Crippen LogP contribution is -2.61. The highest BCUT2D eigenvalue weighted by atomic mass is 16.7. The van der Waals surface area contributed by atoms with Crippen molar-refractivity contribution in [2.75, 3.05) is 27.4 Å². The number of hydrogen-bond acceptors (Lipinski definition) is 12. The predicted molar refractivity (Wildman–Crippen MR) is 101 cm³/mol. The summed E-state index contributed by atoms with van der Waals surface area (Å²) in [7, 11) is 2.92. The highest BCUT2D eigenvalue weighted by Crippen LogP contribution is 2.33. The molecule has 9 atom stereocenters. The van der Waals surface area contributed by atoms with Gasteiger partial charge in [-0.2, -0.15) is 0 Å². The summed E-state index contributed by atoms with van der Waals surface area (Å²) in [6.45, 7) is -0.634. The zero-order valence-corrected chi connectivity index (χ0v) is 17.0. The van der Waals surface area contributed by atoms with Crippen LogP contribution in [0.25, 0.3) is 0 Å². The molecule has 0 radical (unpaired) electrons. The quantitative estimate of drug-likeness (QED) is 0.256. The highest BCUT2D eigenvalue weighted by Gasteiger charge is 2.46. The minimum atomic E-state index is -1.61. The van der Waals surface area contributed by atoms with Crippen molar-refractivity contribution in [3.05, 3.63) is 18.2 Å². The first-order chi connectivity index (χ1) is 14.8. The zero-order valence-electron chi connectivity index (χ0n) is 17.0. The third kappa shape index (κ3) is 5.19. The molecule has 0 saturated carbocycles. The van der Waals surface area contributed by atoms with Gasteiger partial charge in [-0.3, -0.25) is 0 Å². The molecular weight excluding hydrogens is 420 g/mol. The summed E-state index contributed by atoms with van der Waals surface area (Å²) >= 11 is 0. The minimum Gasteiger partial charge on any atom is -0.493 e. The molecule has 31 heavy (non-hydrogen) atoms. The largest absolute Gasteiger partial charge is 0.493 e. The molecule has 0 bridgehead atoms. The molecule has 0 spiro atoms. The Morgan fingerprint density at radius 3 is 2.19 bits per heavy atom. The fourth-order valence-electron chi connectivity index (χ4n) is 3.29. The lowest BCUT2D eigenvalue weighted by Gasteiger charge is -2.41. The molecule has 176 valence electrons. The first kappa shape index (κ1) is 23.9. The molecule has 2 aliphatic rings. The monoisotopic (exact) mass is 448 g/mol. The Balaban J connectivity index is 1.65. The van der Waals surface area contributed by atoms with Crippen molar-refractivity contribution in [1.29, 1.82) is 0 Å². The van der Waals surface area contributed by atoms with Gasteiger partial charge in [0.1, 0.15) is 48.5 Å². The SMILES string of the molecule is COc1ccc(O[C@H]2O[C@@H](CO[C@@H]3OC[C@@H](O)[C@@H](O)[C@H]3O)[C@@H](O)[C@@H](O)[C@@H]2O)cc1OC. The van der Waals surface area contributed by atoms with E-state index in [4.69, 9.17) is 28.4 Å². The van der Waals surface area contributed by atoms with Crippen LogP contribution in [-0.4, -0.2) is 113 Å². The summed E-state index contributed by atoms with van der Waals surface area (Å²) in [6.07, 6.45) is -12.8. The van der Waals surface area contributed by atoms with E-state index in [0.29, 0.717) is 11.5 Å². The topological polar surface area (TPSA) is 177 Å². The van der Waals surface area contributed by atoms with Gasteiger partial charge in [-0.25, -0.2) is 0 Å². The van der Waals surface area contributed by atoms with Crippen LogP contribution in [0.1, 0.15) is 0 Å². The molecule has 1 aromatic carbocycles. The summed E-state index contributed by atoms with van der Waals surface area (Å²) < 4.78 is 32.0. The minimum absolute atomic E-state index is 0.244. The van der Waals surface area contributed by atoms with Crippen LogP contribution in [0.5, 0.6) is 17.2 Å². The van der Waals surface area contributed by atoms with Gasteiger partial charge in [0, 0.05) is 6.07 Å². The molecule has 0 aromatic heterocycles. The van der Waals surface area contributed by atoms with Crippen LogP contribution in [0.15, 0.2) is 18.2 Å². The maximum absolute atomic E-state index is 10.3. The van der Waals surface area contributed by atoms with Crippen molar-refractivity contribution in [2.24, 2.45) is 0 Å². The molecule has 6 N–H and O–H groups in total. The van der Waals surface area contributed by atoms with Crippen molar-refractivity contribution in [1.82, 2.24) is 0 Å². The van der Waals surface area contributed by atoms with Crippen LogP contribution < -0.4 is 14.2 Å². The normalized spacial score (nSPS) is 38.5. The van der Waals surface area contributed by atoms with Gasteiger partial charge in [0.05, 0.1) is 27.4 Å². The Morgan fingerprint density at radius 2 is 1.52 bits per heavy atom. The molecule has 2 saturated heterocycles. The van der Waals surface area contributed by atoms with Crippen molar-refractivity contribution in [3.63, 3.8) is 0 Å². The number of ether oxygens (including phenoxy) is 6. The van der Waals surface area contributed by atoms with Crippen LogP contribution in [0.3, 0.4) is 0 Å². The Bertz CT molecular complexity index is 717. The van der Waals surface area contributed by atoms with E-state index in [9.17, 15) is 30.6 Å². The van der Waals surface area contributed by atoms with E-state index < -0.39 is 55.3 Å². The molecule has 0 aliphatic carbocycles. The van der Waals surface area contributed by atoms with Crippen molar-refractivity contribution in [3.8, 4) is 17.2 Å². The number of aliphatic hydroxyl groups is 6. The highest BCUT2D eigenvalue weighted by molar-refractivity contribution is 5.45. The van der Waals surface area contributed by atoms with Crippen LogP contribution in [0.4, 0.5) is 0 Å². The van der Waals surface area contributed by atoms with Crippen molar-refractivity contribution >= 4 is 0 Å². The van der Waals surface area contributed by atoms with Crippen molar-refractivity contribution in [2.45, 2.75) is 55.3 Å². The fourth-order valence-corrected chi connectivity index (χ4v) is 3.29. The second-order valence-electron chi connectivity index (χ2n) is 7.23. The van der Waals surface area contributed by atoms with E-state index in [-0.39, 0.29) is 19.0 Å². The van der Waals surface area contributed by atoms with Crippen LogP contribution in [-0.2, 0) is 14.2 Å². The fraction of sp³-hybridized carbons (Fsp3) is 0.684. The molecule has 2 aliphatic heterocycles. The van der Waals surface area contributed by atoms with Gasteiger partial charge in [0.25, 0.3) is 0 Å². The van der Waals surface area contributed by atoms with Gasteiger partial charge in [0.2, 0.25) is 6.29 Å². The Morgan fingerprint density at radius 1 is 0.839 bits per heavy atom. The van der Waals surface area contributed by atoms with Gasteiger partial charge in [-0.1, -0.05) is 0 Å². The lowest BCUT2D eigenvalue weighted by molar-refractivity contribution is -0.307. The van der Waals surface area contributed by atoms with Gasteiger partial charge < -0.3 is 59.1 Å². The molecule has 1 aromatic rings. The standard InChI is InChI=1S/C19H28O12/c1-26-10-4-3-8(5-11(10)27-2)30-19-17(25)15(23)14(22)12(31-19)7-29-18-16(24)13(21)9(20)6-28-18/h3-5,9,12-25H,6-7H2,1-2H3/t9-,12+,13-,14-,15-,16-,17+,18+,19+/m1/s1. The number of hydrogen-bond donors (Lipinski definition) is 6. The second kappa shape index (κ2) is 10.3. The van der Waals surface area contributed by atoms with E-state index in [1.807, 2.05) is 0 Å². The number of benzene rings is 1. The molecule has 3 rings (SSSR count). The number of aliphatic hydroxyl groups excluding tert-OH is 6. The summed E-state index contributed by atoms with van der Waals surface area (Å²) in [5, 5.41) is 59.8. The van der Waals surface area contributed by atoms with Crippen molar-refractivity contribution < 1.29 is 59.1 Å². The van der Waals surface area contributed by atoms with Gasteiger partial charge in [-0.05, 0) is 12.1 Å². The maximum Gasteiger partial charge on any atom is 0.229 e. The Labute approximate surface area is 178 Å². The third-order valence-corrected chi connectivity index (χ3v) is 5.15. The van der Waals surface area contributed by atoms with Crippen LogP contribution in [0.2, 0.25) is 0 Å².